The third-order valence-electron chi connectivity index (χ3n) is 6.12. The van der Waals surface area contributed by atoms with Gasteiger partial charge in [0.2, 0.25) is 5.71 Å². The number of para-hydroxylation sites is 1. The fourth-order valence-electron chi connectivity index (χ4n) is 4.56. The minimum atomic E-state index is -0.125. The van der Waals surface area contributed by atoms with Gasteiger partial charge >= 0.3 is 0 Å². The molecular weight excluding hydrogens is 655 g/mol. The van der Waals surface area contributed by atoms with Crippen LogP contribution in [0, 0.1) is 19.9 Å². The van der Waals surface area contributed by atoms with E-state index in [0.29, 0.717) is 5.71 Å². The molecule has 0 fully saturated rings. The first-order valence-electron chi connectivity index (χ1n) is 12.0. The summed E-state index contributed by atoms with van der Waals surface area (Å²) in [7, 11) is 0. The summed E-state index contributed by atoms with van der Waals surface area (Å²) in [6.45, 7) is 7.05. The molecule has 3 heterocycles. The summed E-state index contributed by atoms with van der Waals surface area (Å²) in [6, 6.07) is 27.7. The zero-order valence-electron chi connectivity index (χ0n) is 21.5. The molecular formula is C32H26IrNO4-. The second kappa shape index (κ2) is 11.2. The van der Waals surface area contributed by atoms with Gasteiger partial charge in [-0.25, -0.2) is 0 Å². The average Bonchev–Trinajstić information content (AvgIpc) is 3.44. The number of ketones is 1. The predicted octanol–water partition coefficient (Wildman–Crippen LogP) is 8.51. The van der Waals surface area contributed by atoms with Crippen LogP contribution in [0.4, 0.5) is 0 Å². The molecule has 6 heteroatoms. The second-order valence-electron chi connectivity index (χ2n) is 9.06. The van der Waals surface area contributed by atoms with E-state index in [1.54, 1.807) is 0 Å². The zero-order chi connectivity index (χ0) is 26.1. The Labute approximate surface area is 234 Å². The van der Waals surface area contributed by atoms with Crippen LogP contribution in [0.3, 0.4) is 0 Å². The van der Waals surface area contributed by atoms with Crippen LogP contribution in [0.5, 0.6) is 0 Å². The van der Waals surface area contributed by atoms with E-state index in [1.807, 2.05) is 42.5 Å². The van der Waals surface area contributed by atoms with Crippen LogP contribution in [0.1, 0.15) is 25.0 Å². The van der Waals surface area contributed by atoms with Crippen LogP contribution in [0.15, 0.2) is 93.5 Å². The number of hydrogen-bond acceptors (Lipinski definition) is 5. The molecule has 0 unspecified atom stereocenters. The molecule has 0 atom stereocenters. The monoisotopic (exact) mass is 681 g/mol. The molecule has 6 aromatic rings. The van der Waals surface area contributed by atoms with Crippen molar-refractivity contribution in [2.75, 3.05) is 0 Å². The third-order valence-corrected chi connectivity index (χ3v) is 6.12. The van der Waals surface area contributed by atoms with Gasteiger partial charge in [0.05, 0.1) is 11.3 Å². The summed E-state index contributed by atoms with van der Waals surface area (Å²) >= 11 is 0. The second-order valence-corrected chi connectivity index (χ2v) is 9.06. The minimum absolute atomic E-state index is 0. The van der Waals surface area contributed by atoms with Crippen molar-refractivity contribution < 1.29 is 38.8 Å². The van der Waals surface area contributed by atoms with E-state index in [-0.39, 0.29) is 31.6 Å². The molecule has 0 aliphatic carbocycles. The number of rotatable bonds is 3. The Morgan fingerprint density at radius 3 is 2.34 bits per heavy atom. The summed E-state index contributed by atoms with van der Waals surface area (Å²) in [5, 5.41) is 11.5. The Morgan fingerprint density at radius 1 is 0.921 bits per heavy atom. The van der Waals surface area contributed by atoms with Crippen LogP contribution >= 0.6 is 0 Å². The maximum absolute atomic E-state index is 10.0. The normalized spacial score (nSPS) is 11.3. The number of aliphatic hydroxyl groups is 1. The summed E-state index contributed by atoms with van der Waals surface area (Å²) in [5.41, 5.74) is 7.42. The van der Waals surface area contributed by atoms with E-state index in [0.717, 1.165) is 49.9 Å². The van der Waals surface area contributed by atoms with Gasteiger partial charge in [-0.3, -0.25) is 9.78 Å². The fraction of sp³-hybridized carbons (Fsp3) is 0.125. The van der Waals surface area contributed by atoms with E-state index in [1.165, 1.54) is 31.1 Å². The van der Waals surface area contributed by atoms with E-state index >= 15 is 0 Å². The number of fused-ring (bicyclic) bond motifs is 4. The molecule has 0 amide bonds. The van der Waals surface area contributed by atoms with Crippen molar-refractivity contribution in [2.24, 2.45) is 0 Å². The number of furan rings is 2. The standard InChI is InChI=1S/C27H18NO2.C5H8O2.Ir/c1-16-7-5-8-17(2)25(16)24-15-18-13-14-22(28-27(18)30-24)21-11-6-10-20-19-9-3-4-12-23(19)29-26(20)21;1-4(6)3-5(2)7;/h3-10,12-15H,1-2H3;3,6H,1-2H3;/q-1;;/b;4-3-;. The Balaban J connectivity index is 0.000000375. The van der Waals surface area contributed by atoms with Gasteiger partial charge in [0.25, 0.3) is 0 Å². The minimum Gasteiger partial charge on any atom is -0.512 e. The maximum atomic E-state index is 10.0. The van der Waals surface area contributed by atoms with Gasteiger partial charge in [0.15, 0.2) is 5.78 Å². The summed E-state index contributed by atoms with van der Waals surface area (Å²) < 4.78 is 12.3. The summed E-state index contributed by atoms with van der Waals surface area (Å²) in [4.78, 5) is 14.8. The smallest absolute Gasteiger partial charge is 0.217 e. The molecule has 1 radical (unpaired) electrons. The van der Waals surface area contributed by atoms with Gasteiger partial charge in [0, 0.05) is 42.5 Å². The zero-order valence-corrected chi connectivity index (χ0v) is 23.9. The number of aromatic nitrogens is 1. The van der Waals surface area contributed by atoms with Crippen molar-refractivity contribution in [3.63, 3.8) is 0 Å². The summed E-state index contributed by atoms with van der Waals surface area (Å²) in [6.07, 6.45) is 1.17. The number of carbonyl (C=O) groups excluding carboxylic acids is 1. The molecule has 3 aromatic carbocycles. The Kier molecular flexibility index (Phi) is 7.96. The number of allylic oxidation sites excluding steroid dienone is 2. The van der Waals surface area contributed by atoms with Gasteiger partial charge in [-0.15, -0.1) is 18.2 Å². The van der Waals surface area contributed by atoms with Gasteiger partial charge in [0.1, 0.15) is 11.3 Å². The van der Waals surface area contributed by atoms with Crippen molar-refractivity contribution >= 4 is 38.8 Å². The molecule has 193 valence electrons. The van der Waals surface area contributed by atoms with Crippen molar-refractivity contribution in [1.82, 2.24) is 4.98 Å². The van der Waals surface area contributed by atoms with Crippen molar-refractivity contribution in [2.45, 2.75) is 27.7 Å². The molecule has 38 heavy (non-hydrogen) atoms. The number of aliphatic hydroxyl groups excluding tert-OH is 1. The van der Waals surface area contributed by atoms with Crippen LogP contribution in [-0.4, -0.2) is 15.9 Å². The van der Waals surface area contributed by atoms with Gasteiger partial charge in [-0.05, 0) is 56.6 Å². The largest absolute Gasteiger partial charge is 0.512 e. The van der Waals surface area contributed by atoms with Crippen LogP contribution < -0.4 is 0 Å². The Bertz CT molecular complexity index is 1790. The predicted molar refractivity (Wildman–Crippen MR) is 148 cm³/mol. The Hall–Kier alpha value is -3.99. The molecule has 0 saturated heterocycles. The van der Waals surface area contributed by atoms with Gasteiger partial charge in [-0.2, -0.15) is 0 Å². The number of hydrogen-bond donors (Lipinski definition) is 1. The number of pyridine rings is 1. The van der Waals surface area contributed by atoms with Crippen molar-refractivity contribution in [1.29, 1.82) is 0 Å². The molecule has 0 saturated carbocycles. The average molecular weight is 681 g/mol. The topological polar surface area (TPSA) is 76.5 Å². The van der Waals surface area contributed by atoms with E-state index in [4.69, 9.17) is 18.9 Å². The van der Waals surface area contributed by atoms with Crippen molar-refractivity contribution in [3.05, 3.63) is 102 Å². The number of benzene rings is 3. The van der Waals surface area contributed by atoms with Crippen LogP contribution in [-0.2, 0) is 24.9 Å². The first kappa shape index (κ1) is 27.1. The molecule has 0 bridgehead atoms. The molecule has 0 spiro atoms. The van der Waals surface area contributed by atoms with Crippen molar-refractivity contribution in [3.8, 4) is 22.6 Å². The molecule has 6 rings (SSSR count). The molecule has 0 aliphatic rings. The van der Waals surface area contributed by atoms with E-state index in [9.17, 15) is 4.79 Å². The molecule has 3 aromatic heterocycles. The third kappa shape index (κ3) is 5.33. The molecule has 1 N–H and O–H groups in total. The Morgan fingerprint density at radius 2 is 1.66 bits per heavy atom. The van der Waals surface area contributed by atoms with Gasteiger partial charge < -0.3 is 13.9 Å². The SMILES string of the molecule is CC(=O)/C=C(/C)O.Cc1cccc(C)c1-c1cc2ccc(-c3[c-]ccc4c3oc3ccccc34)nc2o1.[Ir]. The first-order chi connectivity index (χ1) is 17.8. The number of carbonyl (C=O) groups is 1. The van der Waals surface area contributed by atoms with Crippen LogP contribution in [0.2, 0.25) is 0 Å². The van der Waals surface area contributed by atoms with Crippen LogP contribution in [0.25, 0.3) is 55.6 Å². The van der Waals surface area contributed by atoms with E-state index < -0.39 is 0 Å². The fourth-order valence-corrected chi connectivity index (χ4v) is 4.56. The summed E-state index contributed by atoms with van der Waals surface area (Å²) in [5.74, 6) is 0.781. The quantitative estimate of drug-likeness (QED) is 0.115. The molecule has 0 aliphatic heterocycles. The van der Waals surface area contributed by atoms with Gasteiger partial charge in [-0.1, -0.05) is 59.5 Å². The number of nitrogens with zero attached hydrogens (tertiary/aromatic N) is 1. The van der Waals surface area contributed by atoms with E-state index in [2.05, 4.69) is 50.2 Å². The maximum Gasteiger partial charge on any atom is 0.217 e. The first-order valence-corrected chi connectivity index (χ1v) is 12.0. The number of aryl methyl sites for hydroxylation is 2. The molecule has 5 nitrogen and oxygen atoms in total.